The second-order valence-corrected chi connectivity index (χ2v) is 16.7. The Balaban J connectivity index is 1.03. The molecule has 6 aliphatic rings. The predicted octanol–water partition coefficient (Wildman–Crippen LogP) is 4.10. The molecule has 6 aromatic rings. The van der Waals surface area contributed by atoms with Crippen molar-refractivity contribution in [3.05, 3.63) is 72.3 Å². The highest BCUT2D eigenvalue weighted by molar-refractivity contribution is 5.94. The monoisotopic (exact) mass is 815 g/mol. The van der Waals surface area contributed by atoms with Gasteiger partial charge >= 0.3 is 0 Å². The first kappa shape index (κ1) is 36.8. The number of hydrogen-bond acceptors (Lipinski definition) is 12. The Morgan fingerprint density at radius 3 is 2.58 bits per heavy atom. The topological polar surface area (TPSA) is 156 Å². The summed E-state index contributed by atoms with van der Waals surface area (Å²) in [4.78, 5) is 61.0. The van der Waals surface area contributed by atoms with Crippen molar-refractivity contribution in [2.75, 3.05) is 48.9 Å². The van der Waals surface area contributed by atoms with Crippen LogP contribution in [0.25, 0.3) is 39.1 Å². The van der Waals surface area contributed by atoms with E-state index in [1.807, 2.05) is 41.0 Å². The normalized spacial score (nSPS) is 24.4. The SMILES string of the molecule is CO[C@H]1CN(C)C(=O)[C@@H]2C[C@@H](CN2c2nc(N3C4CC(=O)N(C5CC5)CC3C4)nc3c2cnn3-c2ccc(F)cc2F)Nc2cccc(n2)-c2nccc3nc(C)n(c23)C1. The number of nitrogens with zero attached hydrogens (tertiary/aromatic N) is 12. The lowest BCUT2D eigenvalue weighted by Gasteiger charge is -2.47. The molecule has 5 aromatic heterocycles. The number of nitrogens with one attached hydrogen (secondary N) is 1. The summed E-state index contributed by atoms with van der Waals surface area (Å²) in [5, 5.41) is 8.70. The number of amides is 2. The van der Waals surface area contributed by atoms with E-state index in [-0.39, 0.29) is 48.2 Å². The number of benzene rings is 1. The molecule has 60 heavy (non-hydrogen) atoms. The van der Waals surface area contributed by atoms with Gasteiger partial charge in [0, 0.05) is 70.6 Å². The van der Waals surface area contributed by atoms with E-state index in [4.69, 9.17) is 29.7 Å². The molecule has 12 rings (SSSR count). The molecule has 1 aromatic carbocycles. The highest BCUT2D eigenvalue weighted by Gasteiger charge is 2.49. The van der Waals surface area contributed by atoms with E-state index in [0.29, 0.717) is 72.5 Å². The molecule has 5 aliphatic heterocycles. The van der Waals surface area contributed by atoms with Crippen LogP contribution in [-0.4, -0.2) is 131 Å². The van der Waals surface area contributed by atoms with Gasteiger partial charge in [0.05, 0.1) is 47.0 Å². The number of methoxy groups -OCH3 is 1. The van der Waals surface area contributed by atoms with E-state index in [1.165, 1.54) is 16.8 Å². The lowest BCUT2D eigenvalue weighted by molar-refractivity contribution is -0.133. The smallest absolute Gasteiger partial charge is 0.245 e. The molecule has 5 fully saturated rings. The Labute approximate surface area is 343 Å². The number of carbonyl (C=O) groups excluding carboxylic acids is 2. The van der Waals surface area contributed by atoms with Crippen molar-refractivity contribution < 1.29 is 23.1 Å². The standard InChI is InChI=1S/C42H43F2N13O3/c1-22-47-32-11-12-45-37-31-5-4-6-35(49-31)48-24-14-34(41(59)52(2)20-28(60-3)21-53(22)38(32)37)55(18-24)39-29-17-46-57(33-10-7-23(43)13-30(33)44)40(29)51-42(50-39)56-26-15-27(56)19-54(25-8-9-25)36(58)16-26/h4-7,10-13,17,24-28,34H,8-9,14-16,18-21H2,1-3H3,(H,48,49)/t24-,26?,27?,28-,34-/m0/s1. The van der Waals surface area contributed by atoms with Gasteiger partial charge in [-0.05, 0) is 62.9 Å². The summed E-state index contributed by atoms with van der Waals surface area (Å²) in [6.45, 7) is 3.57. The maximum absolute atomic E-state index is 15.5. The Morgan fingerprint density at radius 1 is 0.900 bits per heavy atom. The first-order valence-electron chi connectivity index (χ1n) is 20.5. The van der Waals surface area contributed by atoms with E-state index < -0.39 is 23.8 Å². The third kappa shape index (κ3) is 6.01. The molecule has 308 valence electrons. The zero-order valence-electron chi connectivity index (χ0n) is 33.4. The van der Waals surface area contributed by atoms with Gasteiger partial charge < -0.3 is 34.2 Å². The average Bonchev–Trinajstić information content (AvgIpc) is 3.82. The molecule has 1 aliphatic carbocycles. The number of carbonyl (C=O) groups is 2. The summed E-state index contributed by atoms with van der Waals surface area (Å²) in [5.74, 6) is 0.709. The van der Waals surface area contributed by atoms with Crippen LogP contribution in [0, 0.1) is 18.6 Å². The van der Waals surface area contributed by atoms with Gasteiger partial charge in [-0.25, -0.2) is 23.4 Å². The van der Waals surface area contributed by atoms with Crippen molar-refractivity contribution in [1.82, 2.24) is 49.1 Å². The van der Waals surface area contributed by atoms with E-state index in [2.05, 4.69) is 19.9 Å². The van der Waals surface area contributed by atoms with Crippen LogP contribution in [-0.2, 0) is 20.9 Å². The van der Waals surface area contributed by atoms with Gasteiger partial charge in [-0.3, -0.25) is 14.6 Å². The third-order valence-electron chi connectivity index (χ3n) is 12.8. The van der Waals surface area contributed by atoms with E-state index in [9.17, 15) is 14.0 Å². The molecule has 0 radical (unpaired) electrons. The molecule has 6 bridgehead atoms. The molecule has 1 saturated carbocycles. The van der Waals surface area contributed by atoms with Crippen LogP contribution in [0.2, 0.25) is 0 Å². The van der Waals surface area contributed by atoms with Gasteiger partial charge in [0.1, 0.15) is 40.7 Å². The molecule has 10 heterocycles. The minimum absolute atomic E-state index is 0.00860. The van der Waals surface area contributed by atoms with Crippen LogP contribution >= 0.6 is 0 Å². The van der Waals surface area contributed by atoms with Crippen LogP contribution in [0.5, 0.6) is 0 Å². The number of halogens is 2. The first-order valence-corrected chi connectivity index (χ1v) is 20.5. The molecule has 2 unspecified atom stereocenters. The Morgan fingerprint density at radius 2 is 1.77 bits per heavy atom. The first-order chi connectivity index (χ1) is 29.1. The quantitative estimate of drug-likeness (QED) is 0.267. The van der Waals surface area contributed by atoms with Crippen LogP contribution in [0.3, 0.4) is 0 Å². The molecular weight excluding hydrogens is 773 g/mol. The Hall–Kier alpha value is -6.30. The number of rotatable bonds is 5. The van der Waals surface area contributed by atoms with Gasteiger partial charge in [0.15, 0.2) is 11.5 Å². The number of likely N-dealkylation sites (N-methyl/N-ethyl adjacent to an activating group) is 1. The zero-order valence-corrected chi connectivity index (χ0v) is 33.4. The lowest BCUT2D eigenvalue weighted by atomic mass is 9.92. The number of imidazole rings is 1. The summed E-state index contributed by atoms with van der Waals surface area (Å²) >= 11 is 0. The highest BCUT2D eigenvalue weighted by atomic mass is 19.1. The number of ether oxygens (including phenoxy) is 1. The molecule has 16 nitrogen and oxygen atoms in total. The fraction of sp³-hybridized carbons (Fsp3) is 0.429. The highest BCUT2D eigenvalue weighted by Crippen LogP contribution is 2.42. The number of hydrogen-bond donors (Lipinski definition) is 1. The number of anilines is 3. The van der Waals surface area contributed by atoms with Crippen LogP contribution in [0.1, 0.15) is 37.9 Å². The molecule has 18 heteroatoms. The maximum Gasteiger partial charge on any atom is 0.245 e. The molecule has 5 atom stereocenters. The number of pyridine rings is 2. The van der Waals surface area contributed by atoms with Gasteiger partial charge in [0.2, 0.25) is 17.8 Å². The molecule has 2 amide bonds. The van der Waals surface area contributed by atoms with Gasteiger partial charge in [-0.15, -0.1) is 0 Å². The van der Waals surface area contributed by atoms with E-state index in [1.54, 1.807) is 31.5 Å². The second-order valence-electron chi connectivity index (χ2n) is 16.7. The summed E-state index contributed by atoms with van der Waals surface area (Å²) < 4.78 is 39.1. The van der Waals surface area contributed by atoms with Gasteiger partial charge in [0.25, 0.3) is 0 Å². The maximum atomic E-state index is 15.5. The zero-order chi connectivity index (χ0) is 41.0. The number of aryl methyl sites for hydroxylation is 1. The third-order valence-corrected chi connectivity index (χ3v) is 12.8. The second kappa shape index (κ2) is 13.9. The van der Waals surface area contributed by atoms with Crippen LogP contribution in [0.15, 0.2) is 54.9 Å². The summed E-state index contributed by atoms with van der Waals surface area (Å²) in [6, 6.07) is 10.2. The largest absolute Gasteiger partial charge is 0.378 e. The van der Waals surface area contributed by atoms with Crippen molar-refractivity contribution in [3.8, 4) is 17.1 Å². The van der Waals surface area contributed by atoms with Crippen molar-refractivity contribution in [3.63, 3.8) is 0 Å². The molecular formula is C42H43F2N13O3. The number of fused-ring (bicyclic) bond motifs is 9. The van der Waals surface area contributed by atoms with Crippen LogP contribution in [0.4, 0.5) is 26.4 Å². The Kier molecular flexibility index (Phi) is 8.51. The summed E-state index contributed by atoms with van der Waals surface area (Å²) in [5.41, 5.74) is 3.32. The fourth-order valence-corrected chi connectivity index (χ4v) is 9.74. The van der Waals surface area contributed by atoms with E-state index >= 15 is 4.39 Å². The van der Waals surface area contributed by atoms with Gasteiger partial charge in [-0.1, -0.05) is 6.07 Å². The summed E-state index contributed by atoms with van der Waals surface area (Å²) in [6.07, 6.45) is 6.49. The molecule has 1 N–H and O–H groups in total. The van der Waals surface area contributed by atoms with Crippen molar-refractivity contribution in [1.29, 1.82) is 0 Å². The average molecular weight is 816 g/mol. The lowest BCUT2D eigenvalue weighted by Crippen LogP contribution is -2.58. The molecule has 0 spiro atoms. The van der Waals surface area contributed by atoms with Crippen molar-refractivity contribution >= 4 is 51.5 Å². The van der Waals surface area contributed by atoms with Crippen molar-refractivity contribution in [2.24, 2.45) is 0 Å². The van der Waals surface area contributed by atoms with Crippen LogP contribution < -0.4 is 15.1 Å². The van der Waals surface area contributed by atoms with Crippen molar-refractivity contribution in [2.45, 2.75) is 81.9 Å². The minimum Gasteiger partial charge on any atom is -0.378 e. The minimum atomic E-state index is -0.801. The molecule has 4 saturated heterocycles. The fourth-order valence-electron chi connectivity index (χ4n) is 9.74. The van der Waals surface area contributed by atoms with Gasteiger partial charge in [-0.2, -0.15) is 15.1 Å². The predicted molar refractivity (Wildman–Crippen MR) is 218 cm³/mol. The Bertz CT molecular complexity index is 2720. The summed E-state index contributed by atoms with van der Waals surface area (Å²) in [7, 11) is 3.43. The number of aromatic nitrogens is 8. The van der Waals surface area contributed by atoms with E-state index in [0.717, 1.165) is 42.2 Å².